The van der Waals surface area contributed by atoms with E-state index in [9.17, 15) is 18.0 Å². The topological polar surface area (TPSA) is 105 Å². The molecule has 0 radical (unpaired) electrons. The molecule has 0 heterocycles. The minimum absolute atomic E-state index is 0.0355. The molecule has 40 heavy (non-hydrogen) atoms. The predicted molar refractivity (Wildman–Crippen MR) is 155 cm³/mol. The predicted octanol–water partition coefficient (Wildman–Crippen LogP) is 3.80. The van der Waals surface area contributed by atoms with Gasteiger partial charge in [0.1, 0.15) is 12.6 Å². The highest BCUT2D eigenvalue weighted by Crippen LogP contribution is 2.34. The summed E-state index contributed by atoms with van der Waals surface area (Å²) < 4.78 is 39.7. The van der Waals surface area contributed by atoms with Crippen molar-refractivity contribution in [3.8, 4) is 11.5 Å². The third-order valence-corrected chi connectivity index (χ3v) is 8.33. The number of carbonyl (C=O) groups is 2. The van der Waals surface area contributed by atoms with Crippen LogP contribution in [-0.4, -0.2) is 65.0 Å². The molecule has 0 aliphatic carbocycles. The van der Waals surface area contributed by atoms with E-state index in [0.717, 1.165) is 15.4 Å². The third kappa shape index (κ3) is 7.32. The Morgan fingerprint density at radius 2 is 1.57 bits per heavy atom. The molecular formula is C30H37N3O6S. The summed E-state index contributed by atoms with van der Waals surface area (Å²) in [6.07, 6.45) is 0.497. The largest absolute Gasteiger partial charge is 0.493 e. The number of methoxy groups -OCH3 is 2. The highest BCUT2D eigenvalue weighted by Gasteiger charge is 2.32. The third-order valence-electron chi connectivity index (χ3n) is 6.55. The van der Waals surface area contributed by atoms with Crippen molar-refractivity contribution < 1.29 is 27.5 Å². The minimum atomic E-state index is -4.18. The molecule has 3 aromatic carbocycles. The quantitative estimate of drug-likeness (QED) is 0.337. The molecule has 1 atom stereocenters. The van der Waals surface area contributed by atoms with Crippen LogP contribution in [0.4, 0.5) is 5.69 Å². The van der Waals surface area contributed by atoms with E-state index in [0.29, 0.717) is 24.5 Å². The lowest BCUT2D eigenvalue weighted by molar-refractivity contribution is -0.138. The summed E-state index contributed by atoms with van der Waals surface area (Å²) in [5.41, 5.74) is 2.11. The number of carbonyl (C=O) groups excluding carboxylic acids is 2. The first-order valence-electron chi connectivity index (χ1n) is 13.0. The first kappa shape index (κ1) is 30.5. The van der Waals surface area contributed by atoms with E-state index in [4.69, 9.17) is 9.47 Å². The second-order valence-corrected chi connectivity index (χ2v) is 11.1. The summed E-state index contributed by atoms with van der Waals surface area (Å²) in [6.45, 7) is 5.41. The minimum Gasteiger partial charge on any atom is -0.493 e. The molecule has 0 aliphatic heterocycles. The standard InChI is InChI=1S/C30H37N3O6S/c1-6-31-30(35)23(3)32(19-18-24-10-8-7-9-11-24)29(34)21-33(25-14-17-27(38-4)28(20-25)39-5)40(36,37)26-15-12-22(2)13-16-26/h7-17,20,23H,6,18-19,21H2,1-5H3,(H,31,35). The number of nitrogens with one attached hydrogen (secondary N) is 1. The highest BCUT2D eigenvalue weighted by atomic mass is 32.2. The molecule has 0 saturated heterocycles. The van der Waals surface area contributed by atoms with Crippen LogP contribution in [0.5, 0.6) is 11.5 Å². The molecule has 1 N–H and O–H groups in total. The molecular weight excluding hydrogens is 530 g/mol. The number of amides is 2. The van der Waals surface area contributed by atoms with Crippen LogP contribution in [0.2, 0.25) is 0 Å². The van der Waals surface area contributed by atoms with E-state index < -0.39 is 28.5 Å². The Bertz CT molecular complexity index is 1390. The number of likely N-dealkylation sites (N-methyl/N-ethyl adjacent to an activating group) is 1. The van der Waals surface area contributed by atoms with Crippen LogP contribution in [0.25, 0.3) is 0 Å². The summed E-state index contributed by atoms with van der Waals surface area (Å²) in [5.74, 6) is -0.101. The number of sulfonamides is 1. The fourth-order valence-electron chi connectivity index (χ4n) is 4.24. The number of aryl methyl sites for hydroxylation is 1. The number of hydrogen-bond donors (Lipinski definition) is 1. The average Bonchev–Trinajstić information content (AvgIpc) is 2.96. The second kappa shape index (κ2) is 13.8. The summed E-state index contributed by atoms with van der Waals surface area (Å²) in [6, 6.07) is 19.8. The number of hydrogen-bond acceptors (Lipinski definition) is 6. The number of rotatable bonds is 13. The Balaban J connectivity index is 2.03. The van der Waals surface area contributed by atoms with Crippen molar-refractivity contribution in [3.05, 3.63) is 83.9 Å². The molecule has 3 aromatic rings. The Morgan fingerprint density at radius 3 is 2.17 bits per heavy atom. The van der Waals surface area contributed by atoms with Gasteiger partial charge in [0.05, 0.1) is 24.8 Å². The SMILES string of the molecule is CCNC(=O)C(C)N(CCc1ccccc1)C(=O)CN(c1ccc(OC)c(OC)c1)S(=O)(=O)c1ccc(C)cc1. The lowest BCUT2D eigenvalue weighted by Crippen LogP contribution is -2.52. The molecule has 3 rings (SSSR count). The molecule has 0 bridgehead atoms. The lowest BCUT2D eigenvalue weighted by atomic mass is 10.1. The Kier molecular flexibility index (Phi) is 10.6. The zero-order valence-electron chi connectivity index (χ0n) is 23.6. The fraction of sp³-hybridized carbons (Fsp3) is 0.333. The Labute approximate surface area is 236 Å². The first-order chi connectivity index (χ1) is 19.1. The van der Waals surface area contributed by atoms with Crippen molar-refractivity contribution in [2.45, 2.75) is 38.1 Å². The van der Waals surface area contributed by atoms with Crippen LogP contribution in [0.1, 0.15) is 25.0 Å². The van der Waals surface area contributed by atoms with E-state index >= 15 is 0 Å². The first-order valence-corrected chi connectivity index (χ1v) is 14.5. The molecule has 9 nitrogen and oxygen atoms in total. The monoisotopic (exact) mass is 567 g/mol. The fourth-order valence-corrected chi connectivity index (χ4v) is 5.64. The van der Waals surface area contributed by atoms with E-state index in [1.54, 1.807) is 38.1 Å². The molecule has 10 heteroatoms. The molecule has 0 fully saturated rings. The smallest absolute Gasteiger partial charge is 0.264 e. The molecule has 0 saturated carbocycles. The van der Waals surface area contributed by atoms with E-state index in [2.05, 4.69) is 5.32 Å². The van der Waals surface area contributed by atoms with Gasteiger partial charge in [0, 0.05) is 19.2 Å². The van der Waals surface area contributed by atoms with E-state index in [1.807, 2.05) is 37.3 Å². The maximum atomic E-state index is 13.9. The van der Waals surface area contributed by atoms with E-state index in [1.165, 1.54) is 37.3 Å². The van der Waals surface area contributed by atoms with Gasteiger partial charge in [-0.05, 0) is 57.0 Å². The molecule has 0 aliphatic rings. The second-order valence-electron chi connectivity index (χ2n) is 9.26. The van der Waals surface area contributed by atoms with Gasteiger partial charge >= 0.3 is 0 Å². The van der Waals surface area contributed by atoms with Gasteiger partial charge in [-0.3, -0.25) is 13.9 Å². The van der Waals surface area contributed by atoms with Crippen LogP contribution in [0.3, 0.4) is 0 Å². The molecule has 0 aromatic heterocycles. The van der Waals surface area contributed by atoms with Crippen LogP contribution in [0.15, 0.2) is 77.7 Å². The molecule has 1 unspecified atom stereocenters. The van der Waals surface area contributed by atoms with Crippen LogP contribution in [0, 0.1) is 6.92 Å². The van der Waals surface area contributed by atoms with Crippen molar-refractivity contribution in [2.24, 2.45) is 0 Å². The molecule has 2 amide bonds. The Hall–Kier alpha value is -4.05. The van der Waals surface area contributed by atoms with Crippen LogP contribution < -0.4 is 19.1 Å². The van der Waals surface area contributed by atoms with E-state index in [-0.39, 0.29) is 23.0 Å². The van der Waals surface area contributed by atoms with Crippen LogP contribution in [-0.2, 0) is 26.0 Å². The van der Waals surface area contributed by atoms with Crippen molar-refractivity contribution in [1.82, 2.24) is 10.2 Å². The summed E-state index contributed by atoms with van der Waals surface area (Å²) in [5, 5.41) is 2.76. The summed E-state index contributed by atoms with van der Waals surface area (Å²) in [7, 11) is -1.25. The van der Waals surface area contributed by atoms with Gasteiger partial charge in [0.15, 0.2) is 11.5 Å². The number of anilines is 1. The van der Waals surface area contributed by atoms with Crippen LogP contribution >= 0.6 is 0 Å². The maximum absolute atomic E-state index is 13.9. The summed E-state index contributed by atoms with van der Waals surface area (Å²) in [4.78, 5) is 28.1. The van der Waals surface area contributed by atoms with Gasteiger partial charge in [-0.15, -0.1) is 0 Å². The van der Waals surface area contributed by atoms with Gasteiger partial charge in [0.25, 0.3) is 10.0 Å². The lowest BCUT2D eigenvalue weighted by Gasteiger charge is -2.32. The van der Waals surface area contributed by atoms with Gasteiger partial charge in [0.2, 0.25) is 11.8 Å². The van der Waals surface area contributed by atoms with Gasteiger partial charge in [-0.1, -0.05) is 48.0 Å². The normalized spacial score (nSPS) is 11.8. The number of ether oxygens (including phenoxy) is 2. The number of benzene rings is 3. The molecule has 214 valence electrons. The average molecular weight is 568 g/mol. The van der Waals surface area contributed by atoms with Crippen molar-refractivity contribution in [1.29, 1.82) is 0 Å². The van der Waals surface area contributed by atoms with Gasteiger partial charge < -0.3 is 19.7 Å². The van der Waals surface area contributed by atoms with Crippen molar-refractivity contribution in [3.63, 3.8) is 0 Å². The zero-order valence-corrected chi connectivity index (χ0v) is 24.4. The Morgan fingerprint density at radius 1 is 0.925 bits per heavy atom. The summed E-state index contributed by atoms with van der Waals surface area (Å²) >= 11 is 0. The number of nitrogens with zero attached hydrogens (tertiary/aromatic N) is 2. The maximum Gasteiger partial charge on any atom is 0.264 e. The van der Waals surface area contributed by atoms with Gasteiger partial charge in [-0.25, -0.2) is 8.42 Å². The van der Waals surface area contributed by atoms with Crippen molar-refractivity contribution in [2.75, 3.05) is 38.2 Å². The van der Waals surface area contributed by atoms with Crippen molar-refractivity contribution >= 4 is 27.5 Å². The molecule has 0 spiro atoms. The highest BCUT2D eigenvalue weighted by molar-refractivity contribution is 7.92. The van der Waals surface area contributed by atoms with Gasteiger partial charge in [-0.2, -0.15) is 0 Å². The zero-order chi connectivity index (χ0) is 29.3.